The van der Waals surface area contributed by atoms with Gasteiger partial charge in [0, 0.05) is 23.1 Å². The van der Waals surface area contributed by atoms with Gasteiger partial charge in [0.05, 0.1) is 25.9 Å². The highest BCUT2D eigenvalue weighted by Crippen LogP contribution is 2.30. The third-order valence-corrected chi connectivity index (χ3v) is 4.35. The molecular formula is C16H17NO4S. The number of hydrogen-bond acceptors (Lipinski definition) is 6. The average Bonchev–Trinajstić information content (AvgIpc) is 3.17. The number of rotatable bonds is 4. The molecule has 2 heterocycles. The molecule has 2 aromatic rings. The first-order valence-corrected chi connectivity index (χ1v) is 7.88. The van der Waals surface area contributed by atoms with Crippen LogP contribution in [-0.4, -0.2) is 37.4 Å². The Bertz CT molecular complexity index is 677. The molecule has 0 aliphatic carbocycles. The molecule has 0 bridgehead atoms. The largest absolute Gasteiger partial charge is 0.488 e. The van der Waals surface area contributed by atoms with Gasteiger partial charge in [-0.25, -0.2) is 9.78 Å². The first kappa shape index (κ1) is 15.0. The zero-order valence-electron chi connectivity index (χ0n) is 12.5. The molecule has 1 aromatic heterocycles. The topological polar surface area (TPSA) is 57.7 Å². The van der Waals surface area contributed by atoms with Gasteiger partial charge in [-0.15, -0.1) is 11.3 Å². The minimum absolute atomic E-state index is 0.0266. The normalized spacial score (nSPS) is 17.5. The second kappa shape index (κ2) is 6.46. The highest BCUT2D eigenvalue weighted by Gasteiger charge is 2.19. The van der Waals surface area contributed by atoms with Crippen LogP contribution in [0.3, 0.4) is 0 Å². The number of esters is 1. The van der Waals surface area contributed by atoms with E-state index in [0.717, 1.165) is 21.9 Å². The van der Waals surface area contributed by atoms with E-state index in [4.69, 9.17) is 14.2 Å². The SMILES string of the molecule is COC(=O)c1cc(O[C@@H]2CCOC2)cc(-c2ncc(C)s2)c1. The second-order valence-electron chi connectivity index (χ2n) is 5.12. The molecular weight excluding hydrogens is 302 g/mol. The molecule has 1 atom stereocenters. The molecule has 5 nitrogen and oxygen atoms in total. The standard InChI is InChI=1S/C16H17NO4S/c1-10-8-17-15(22-10)11-5-12(16(18)19-2)7-14(6-11)21-13-3-4-20-9-13/h5-8,13H,3-4,9H2,1-2H3/t13-/m1/s1. The van der Waals surface area contributed by atoms with Crippen molar-refractivity contribution in [1.29, 1.82) is 0 Å². The average molecular weight is 319 g/mol. The number of ether oxygens (including phenoxy) is 3. The number of carbonyl (C=O) groups excluding carboxylic acids is 1. The Morgan fingerprint density at radius 3 is 2.91 bits per heavy atom. The van der Waals surface area contributed by atoms with E-state index in [9.17, 15) is 4.79 Å². The van der Waals surface area contributed by atoms with Crippen molar-refractivity contribution >= 4 is 17.3 Å². The predicted molar refractivity (Wildman–Crippen MR) is 83.5 cm³/mol. The van der Waals surface area contributed by atoms with Gasteiger partial charge in [0.2, 0.25) is 0 Å². The van der Waals surface area contributed by atoms with Crippen molar-refractivity contribution in [2.24, 2.45) is 0 Å². The first-order chi connectivity index (χ1) is 10.7. The second-order valence-corrected chi connectivity index (χ2v) is 6.35. The summed E-state index contributed by atoms with van der Waals surface area (Å²) in [6.45, 7) is 3.28. The summed E-state index contributed by atoms with van der Waals surface area (Å²) >= 11 is 1.58. The third-order valence-electron chi connectivity index (χ3n) is 3.39. The molecule has 0 radical (unpaired) electrons. The molecule has 0 N–H and O–H groups in total. The molecule has 0 saturated carbocycles. The van der Waals surface area contributed by atoms with Crippen molar-refractivity contribution in [3.63, 3.8) is 0 Å². The van der Waals surface area contributed by atoms with Gasteiger partial charge in [-0.3, -0.25) is 0 Å². The summed E-state index contributed by atoms with van der Waals surface area (Å²) in [6.07, 6.45) is 2.70. The van der Waals surface area contributed by atoms with Gasteiger partial charge in [0.15, 0.2) is 0 Å². The number of benzene rings is 1. The molecule has 1 fully saturated rings. The number of aromatic nitrogens is 1. The summed E-state index contributed by atoms with van der Waals surface area (Å²) < 4.78 is 16.1. The number of methoxy groups -OCH3 is 1. The van der Waals surface area contributed by atoms with Crippen molar-refractivity contribution in [3.05, 3.63) is 34.8 Å². The lowest BCUT2D eigenvalue weighted by Gasteiger charge is -2.13. The molecule has 1 aliphatic rings. The van der Waals surface area contributed by atoms with Crippen LogP contribution in [0.5, 0.6) is 5.75 Å². The maximum absolute atomic E-state index is 11.9. The summed E-state index contributed by atoms with van der Waals surface area (Å²) in [6, 6.07) is 5.39. The van der Waals surface area contributed by atoms with E-state index in [0.29, 0.717) is 24.5 Å². The van der Waals surface area contributed by atoms with Crippen LogP contribution >= 0.6 is 11.3 Å². The van der Waals surface area contributed by atoms with Crippen LogP contribution in [0.25, 0.3) is 10.6 Å². The van der Waals surface area contributed by atoms with Crippen LogP contribution in [0.2, 0.25) is 0 Å². The van der Waals surface area contributed by atoms with Crippen LogP contribution in [0, 0.1) is 6.92 Å². The smallest absolute Gasteiger partial charge is 0.338 e. The Balaban J connectivity index is 1.95. The molecule has 6 heteroatoms. The third kappa shape index (κ3) is 3.28. The fourth-order valence-corrected chi connectivity index (χ4v) is 3.06. The quantitative estimate of drug-likeness (QED) is 0.811. The molecule has 3 rings (SSSR count). The fourth-order valence-electron chi connectivity index (χ4n) is 2.31. The van der Waals surface area contributed by atoms with E-state index in [1.54, 1.807) is 23.5 Å². The molecule has 1 aliphatic heterocycles. The number of aryl methyl sites for hydroxylation is 1. The molecule has 1 saturated heterocycles. The summed E-state index contributed by atoms with van der Waals surface area (Å²) in [5.41, 5.74) is 1.32. The first-order valence-electron chi connectivity index (χ1n) is 7.06. The summed E-state index contributed by atoms with van der Waals surface area (Å²) in [4.78, 5) is 17.4. The fraction of sp³-hybridized carbons (Fsp3) is 0.375. The number of carbonyl (C=O) groups is 1. The van der Waals surface area contributed by atoms with Crippen LogP contribution in [-0.2, 0) is 9.47 Å². The lowest BCUT2D eigenvalue weighted by atomic mass is 10.1. The zero-order chi connectivity index (χ0) is 15.5. The molecule has 22 heavy (non-hydrogen) atoms. The Morgan fingerprint density at radius 2 is 2.27 bits per heavy atom. The van der Waals surface area contributed by atoms with Gasteiger partial charge >= 0.3 is 5.97 Å². The van der Waals surface area contributed by atoms with Crippen LogP contribution in [0.4, 0.5) is 0 Å². The molecule has 0 amide bonds. The molecule has 0 unspecified atom stereocenters. The lowest BCUT2D eigenvalue weighted by molar-refractivity contribution is 0.0600. The minimum atomic E-state index is -0.386. The van der Waals surface area contributed by atoms with Crippen LogP contribution in [0.15, 0.2) is 24.4 Å². The Labute approximate surface area is 132 Å². The van der Waals surface area contributed by atoms with E-state index in [1.165, 1.54) is 7.11 Å². The molecule has 0 spiro atoms. The minimum Gasteiger partial charge on any atom is -0.488 e. The lowest BCUT2D eigenvalue weighted by Crippen LogP contribution is -2.16. The molecule has 116 valence electrons. The highest BCUT2D eigenvalue weighted by atomic mass is 32.1. The summed E-state index contributed by atoms with van der Waals surface area (Å²) in [5, 5.41) is 0.857. The monoisotopic (exact) mass is 319 g/mol. The number of hydrogen-bond donors (Lipinski definition) is 0. The van der Waals surface area contributed by atoms with Crippen molar-refractivity contribution in [3.8, 4) is 16.3 Å². The van der Waals surface area contributed by atoms with Gasteiger partial charge in [0.1, 0.15) is 16.9 Å². The maximum Gasteiger partial charge on any atom is 0.338 e. The van der Waals surface area contributed by atoms with Gasteiger partial charge in [-0.2, -0.15) is 0 Å². The van der Waals surface area contributed by atoms with E-state index >= 15 is 0 Å². The Morgan fingerprint density at radius 1 is 1.41 bits per heavy atom. The Hall–Kier alpha value is -1.92. The van der Waals surface area contributed by atoms with E-state index < -0.39 is 0 Å². The zero-order valence-corrected chi connectivity index (χ0v) is 13.3. The summed E-state index contributed by atoms with van der Waals surface area (Å²) in [5.74, 6) is 0.254. The van der Waals surface area contributed by atoms with Gasteiger partial charge in [0.25, 0.3) is 0 Å². The van der Waals surface area contributed by atoms with Crippen molar-refractivity contribution < 1.29 is 19.0 Å². The van der Waals surface area contributed by atoms with E-state index in [1.807, 2.05) is 19.2 Å². The number of nitrogens with zero attached hydrogens (tertiary/aromatic N) is 1. The van der Waals surface area contributed by atoms with Crippen molar-refractivity contribution in [2.75, 3.05) is 20.3 Å². The predicted octanol–water partition coefficient (Wildman–Crippen LogP) is 3.07. The van der Waals surface area contributed by atoms with E-state index in [-0.39, 0.29) is 12.1 Å². The number of thiazole rings is 1. The van der Waals surface area contributed by atoms with Gasteiger partial charge < -0.3 is 14.2 Å². The van der Waals surface area contributed by atoms with Crippen molar-refractivity contribution in [2.45, 2.75) is 19.4 Å². The van der Waals surface area contributed by atoms with Crippen LogP contribution in [0.1, 0.15) is 21.7 Å². The van der Waals surface area contributed by atoms with Crippen LogP contribution < -0.4 is 4.74 Å². The maximum atomic E-state index is 11.9. The van der Waals surface area contributed by atoms with Gasteiger partial charge in [-0.1, -0.05) is 0 Å². The Kier molecular flexibility index (Phi) is 4.40. The molecule has 1 aromatic carbocycles. The van der Waals surface area contributed by atoms with E-state index in [2.05, 4.69) is 4.98 Å². The van der Waals surface area contributed by atoms with Gasteiger partial charge in [-0.05, 0) is 25.1 Å². The highest BCUT2D eigenvalue weighted by molar-refractivity contribution is 7.14. The van der Waals surface area contributed by atoms with Crippen molar-refractivity contribution in [1.82, 2.24) is 4.98 Å². The summed E-state index contributed by atoms with van der Waals surface area (Å²) in [7, 11) is 1.37.